The average molecular weight is 437 g/mol. The van der Waals surface area contributed by atoms with E-state index < -0.39 is 21.4 Å². The monoisotopic (exact) mass is 436 g/mol. The molecule has 0 bridgehead atoms. The van der Waals surface area contributed by atoms with Crippen LogP contribution in [0.5, 0.6) is 0 Å². The second-order valence-corrected chi connectivity index (χ2v) is 8.97. The Labute approximate surface area is 178 Å². The molecule has 0 spiro atoms. The molecule has 2 rings (SSSR count). The maximum Gasteiger partial charge on any atom is 0.256 e. The van der Waals surface area contributed by atoms with Crippen molar-refractivity contribution < 1.29 is 13.2 Å². The van der Waals surface area contributed by atoms with Crippen LogP contribution in [0.25, 0.3) is 10.9 Å². The van der Waals surface area contributed by atoms with E-state index in [0.717, 1.165) is 13.1 Å². The van der Waals surface area contributed by atoms with Gasteiger partial charge in [0.15, 0.2) is 0 Å². The number of rotatable bonds is 10. The first-order chi connectivity index (χ1) is 14.2. The normalized spacial score (nSPS) is 12.1. The van der Waals surface area contributed by atoms with Gasteiger partial charge in [0.25, 0.3) is 5.91 Å². The summed E-state index contributed by atoms with van der Waals surface area (Å²) in [4.78, 5) is 27.9. The molecule has 2 aromatic rings. The van der Waals surface area contributed by atoms with Gasteiger partial charge in [0.2, 0.25) is 15.5 Å². The molecule has 0 radical (unpaired) electrons. The molecular formula is C21H32N4O4S. The zero-order valence-corrected chi connectivity index (χ0v) is 19.3. The number of amides is 1. The number of carbonyl (C=O) groups excluding carboxylic acids is 1. The highest BCUT2D eigenvalue weighted by molar-refractivity contribution is 7.89. The Morgan fingerprint density at radius 3 is 2.27 bits per heavy atom. The van der Waals surface area contributed by atoms with Crippen LogP contribution in [0, 0.1) is 0 Å². The zero-order valence-electron chi connectivity index (χ0n) is 18.4. The van der Waals surface area contributed by atoms with Crippen LogP contribution in [-0.4, -0.2) is 67.4 Å². The van der Waals surface area contributed by atoms with Crippen LogP contribution in [0.4, 0.5) is 0 Å². The van der Waals surface area contributed by atoms with Crippen LogP contribution in [0.15, 0.2) is 34.1 Å². The summed E-state index contributed by atoms with van der Waals surface area (Å²) in [5.74, 6) is -0.457. The van der Waals surface area contributed by atoms with Crippen molar-refractivity contribution in [2.24, 2.45) is 7.05 Å². The number of aromatic nitrogens is 1. The van der Waals surface area contributed by atoms with Crippen LogP contribution >= 0.6 is 0 Å². The van der Waals surface area contributed by atoms with E-state index in [4.69, 9.17) is 0 Å². The van der Waals surface area contributed by atoms with E-state index in [9.17, 15) is 18.0 Å². The van der Waals surface area contributed by atoms with Crippen molar-refractivity contribution in [3.8, 4) is 0 Å². The molecule has 0 unspecified atom stereocenters. The van der Waals surface area contributed by atoms with Gasteiger partial charge in [-0.3, -0.25) is 9.59 Å². The number of likely N-dealkylation sites (N-methyl/N-ethyl adjacent to an activating group) is 1. The SMILES string of the molecule is CCN(CC)CCNC(=O)c1cn(C)c2ccc(S(=O)(=O)N(CC)CC)cc2c1=O. The molecule has 0 saturated heterocycles. The minimum absolute atomic E-state index is 0.00179. The smallest absolute Gasteiger partial charge is 0.256 e. The highest BCUT2D eigenvalue weighted by Gasteiger charge is 2.23. The van der Waals surface area contributed by atoms with E-state index in [-0.39, 0.29) is 15.8 Å². The fraction of sp³-hybridized carbons (Fsp3) is 0.524. The van der Waals surface area contributed by atoms with E-state index in [1.54, 1.807) is 31.5 Å². The number of benzene rings is 1. The number of nitrogens with one attached hydrogen (secondary N) is 1. The molecular weight excluding hydrogens is 404 g/mol. The fourth-order valence-corrected chi connectivity index (χ4v) is 4.95. The Morgan fingerprint density at radius 2 is 1.70 bits per heavy atom. The van der Waals surface area contributed by atoms with Crippen molar-refractivity contribution in [1.29, 1.82) is 0 Å². The summed E-state index contributed by atoms with van der Waals surface area (Å²) in [6, 6.07) is 4.48. The molecule has 1 N–H and O–H groups in total. The predicted octanol–water partition coefficient (Wildman–Crippen LogP) is 1.64. The highest BCUT2D eigenvalue weighted by Crippen LogP contribution is 2.20. The molecule has 0 aliphatic heterocycles. The number of nitrogens with zero attached hydrogens (tertiary/aromatic N) is 3. The lowest BCUT2D eigenvalue weighted by atomic mass is 10.1. The molecule has 0 saturated carbocycles. The molecule has 0 fully saturated rings. The summed E-state index contributed by atoms with van der Waals surface area (Å²) in [5, 5.41) is 3.00. The van der Waals surface area contributed by atoms with E-state index in [1.807, 2.05) is 13.8 Å². The molecule has 0 aliphatic carbocycles. The van der Waals surface area contributed by atoms with Gasteiger partial charge in [0.1, 0.15) is 5.56 Å². The number of hydrogen-bond acceptors (Lipinski definition) is 5. The van der Waals surface area contributed by atoms with Gasteiger partial charge in [0, 0.05) is 44.8 Å². The van der Waals surface area contributed by atoms with E-state index in [1.165, 1.54) is 22.6 Å². The minimum atomic E-state index is -3.71. The van der Waals surface area contributed by atoms with Gasteiger partial charge in [-0.2, -0.15) is 4.31 Å². The first-order valence-electron chi connectivity index (χ1n) is 10.3. The van der Waals surface area contributed by atoms with Crippen LogP contribution in [-0.2, 0) is 17.1 Å². The summed E-state index contributed by atoms with van der Waals surface area (Å²) < 4.78 is 28.7. The maximum absolute atomic E-state index is 13.0. The Bertz CT molecular complexity index is 1050. The lowest BCUT2D eigenvalue weighted by molar-refractivity contribution is 0.0947. The molecule has 8 nitrogen and oxygen atoms in total. The second kappa shape index (κ2) is 10.2. The number of hydrogen-bond donors (Lipinski definition) is 1. The third-order valence-corrected chi connectivity index (χ3v) is 7.40. The lowest BCUT2D eigenvalue weighted by Gasteiger charge is -2.19. The minimum Gasteiger partial charge on any atom is -0.351 e. The van der Waals surface area contributed by atoms with Gasteiger partial charge in [-0.25, -0.2) is 8.42 Å². The second-order valence-electron chi connectivity index (χ2n) is 7.03. The van der Waals surface area contributed by atoms with Gasteiger partial charge in [-0.05, 0) is 31.3 Å². The molecule has 1 heterocycles. The van der Waals surface area contributed by atoms with Crippen molar-refractivity contribution in [1.82, 2.24) is 19.1 Å². The van der Waals surface area contributed by atoms with Crippen LogP contribution in [0.3, 0.4) is 0 Å². The van der Waals surface area contributed by atoms with E-state index in [2.05, 4.69) is 10.2 Å². The van der Waals surface area contributed by atoms with Gasteiger partial charge < -0.3 is 14.8 Å². The Morgan fingerprint density at radius 1 is 1.07 bits per heavy atom. The van der Waals surface area contributed by atoms with Gasteiger partial charge >= 0.3 is 0 Å². The Kier molecular flexibility index (Phi) is 8.17. The van der Waals surface area contributed by atoms with Crippen LogP contribution < -0.4 is 10.7 Å². The number of pyridine rings is 1. The molecule has 0 aliphatic rings. The first kappa shape index (κ1) is 24.0. The number of sulfonamides is 1. The largest absolute Gasteiger partial charge is 0.351 e. The molecule has 0 atom stereocenters. The average Bonchev–Trinajstić information content (AvgIpc) is 2.74. The summed E-state index contributed by atoms with van der Waals surface area (Å²) in [6.45, 7) is 11.2. The zero-order chi connectivity index (χ0) is 22.5. The topological polar surface area (TPSA) is 91.7 Å². The summed E-state index contributed by atoms with van der Waals surface area (Å²) >= 11 is 0. The van der Waals surface area contributed by atoms with Crippen molar-refractivity contribution in [3.05, 3.63) is 40.2 Å². The third kappa shape index (κ3) is 4.91. The molecule has 30 heavy (non-hydrogen) atoms. The first-order valence-corrected chi connectivity index (χ1v) is 11.8. The summed E-state index contributed by atoms with van der Waals surface area (Å²) in [7, 11) is -1.98. The number of aryl methyl sites for hydroxylation is 1. The number of carbonyl (C=O) groups is 1. The van der Waals surface area contributed by atoms with Crippen molar-refractivity contribution >= 4 is 26.8 Å². The predicted molar refractivity (Wildman–Crippen MR) is 119 cm³/mol. The molecule has 9 heteroatoms. The summed E-state index contributed by atoms with van der Waals surface area (Å²) in [5.41, 5.74) is 0.0974. The molecule has 1 aromatic heterocycles. The Balaban J connectivity index is 2.43. The Hall–Kier alpha value is -2.23. The number of fused-ring (bicyclic) bond motifs is 1. The van der Waals surface area contributed by atoms with Crippen molar-refractivity contribution in [3.63, 3.8) is 0 Å². The molecule has 166 valence electrons. The van der Waals surface area contributed by atoms with Crippen LogP contribution in [0.2, 0.25) is 0 Å². The van der Waals surface area contributed by atoms with E-state index in [0.29, 0.717) is 31.7 Å². The van der Waals surface area contributed by atoms with Gasteiger partial charge in [0.05, 0.1) is 10.4 Å². The quantitative estimate of drug-likeness (QED) is 0.611. The lowest BCUT2D eigenvalue weighted by Crippen LogP contribution is -2.36. The van der Waals surface area contributed by atoms with Gasteiger partial charge in [-0.1, -0.05) is 27.7 Å². The van der Waals surface area contributed by atoms with Crippen LogP contribution in [0.1, 0.15) is 38.1 Å². The third-order valence-electron chi connectivity index (χ3n) is 5.36. The van der Waals surface area contributed by atoms with Crippen molar-refractivity contribution in [2.45, 2.75) is 32.6 Å². The molecule has 1 aromatic carbocycles. The highest BCUT2D eigenvalue weighted by atomic mass is 32.2. The van der Waals surface area contributed by atoms with Crippen molar-refractivity contribution in [2.75, 3.05) is 39.3 Å². The van der Waals surface area contributed by atoms with Gasteiger partial charge in [-0.15, -0.1) is 0 Å². The maximum atomic E-state index is 13.0. The van der Waals surface area contributed by atoms with E-state index >= 15 is 0 Å². The molecule has 1 amide bonds. The standard InChI is InChI=1S/C21H32N4O4S/c1-6-24(7-2)13-12-22-21(27)18-15-23(5)19-11-10-16(14-17(19)20(18)26)30(28,29)25(8-3)9-4/h10-11,14-15H,6-9,12-13H2,1-5H3,(H,22,27). The summed E-state index contributed by atoms with van der Waals surface area (Å²) in [6.07, 6.45) is 1.50. The fourth-order valence-electron chi connectivity index (χ4n) is 3.47.